The van der Waals surface area contributed by atoms with Crippen molar-refractivity contribution in [3.05, 3.63) is 76.8 Å². The maximum Gasteiger partial charge on any atom is 0.363 e. The van der Waals surface area contributed by atoms with Crippen LogP contribution >= 0.6 is 0 Å². The standard InChI is InChI=1S/C20H14FNO4/c1-12(7-13-5-6-17-18(9-13)25-11-24-17)8-16-20(23)26-19(22-16)14-3-2-4-15(21)10-14/h2-10H,11H2,1H3/b12-7+,16-8-. The first-order valence-electron chi connectivity index (χ1n) is 7.95. The van der Waals surface area contributed by atoms with E-state index in [-0.39, 0.29) is 18.4 Å². The third kappa shape index (κ3) is 3.21. The fourth-order valence-corrected chi connectivity index (χ4v) is 2.68. The van der Waals surface area contributed by atoms with Crippen LogP contribution in [0.2, 0.25) is 0 Å². The molecule has 5 nitrogen and oxygen atoms in total. The Morgan fingerprint density at radius 1 is 1.15 bits per heavy atom. The van der Waals surface area contributed by atoms with Crippen LogP contribution in [-0.2, 0) is 9.53 Å². The lowest BCUT2D eigenvalue weighted by molar-refractivity contribution is -0.130. The Morgan fingerprint density at radius 3 is 2.85 bits per heavy atom. The summed E-state index contributed by atoms with van der Waals surface area (Å²) in [6.45, 7) is 2.06. The molecule has 26 heavy (non-hydrogen) atoms. The van der Waals surface area contributed by atoms with Crippen molar-refractivity contribution >= 4 is 17.9 Å². The predicted octanol–water partition coefficient (Wildman–Crippen LogP) is 3.85. The summed E-state index contributed by atoms with van der Waals surface area (Å²) in [5.41, 5.74) is 2.29. The monoisotopic (exact) mass is 351 g/mol. The second-order valence-corrected chi connectivity index (χ2v) is 5.85. The molecule has 2 aromatic carbocycles. The van der Waals surface area contributed by atoms with Crippen LogP contribution in [0.3, 0.4) is 0 Å². The van der Waals surface area contributed by atoms with Crippen LogP contribution in [0, 0.1) is 5.82 Å². The zero-order valence-corrected chi connectivity index (χ0v) is 13.9. The third-order valence-corrected chi connectivity index (χ3v) is 3.85. The quantitative estimate of drug-likeness (QED) is 0.623. The number of nitrogens with zero attached hydrogens (tertiary/aromatic N) is 1. The van der Waals surface area contributed by atoms with Crippen molar-refractivity contribution in [2.75, 3.05) is 6.79 Å². The van der Waals surface area contributed by atoms with E-state index in [9.17, 15) is 9.18 Å². The zero-order valence-electron chi connectivity index (χ0n) is 13.9. The Labute approximate surface area is 149 Å². The van der Waals surface area contributed by atoms with E-state index in [1.54, 1.807) is 12.1 Å². The van der Waals surface area contributed by atoms with Gasteiger partial charge in [-0.05, 0) is 54.5 Å². The average molecular weight is 351 g/mol. The van der Waals surface area contributed by atoms with Crippen molar-refractivity contribution in [3.8, 4) is 11.5 Å². The molecule has 0 atom stereocenters. The van der Waals surface area contributed by atoms with E-state index in [0.29, 0.717) is 17.1 Å². The van der Waals surface area contributed by atoms with E-state index >= 15 is 0 Å². The Balaban J connectivity index is 1.59. The summed E-state index contributed by atoms with van der Waals surface area (Å²) in [7, 11) is 0. The molecule has 2 heterocycles. The first kappa shape index (κ1) is 16.1. The molecule has 2 aromatic rings. The van der Waals surface area contributed by atoms with Crippen LogP contribution in [-0.4, -0.2) is 18.7 Å². The molecule has 2 aliphatic rings. The minimum absolute atomic E-state index is 0.0941. The fourth-order valence-electron chi connectivity index (χ4n) is 2.68. The highest BCUT2D eigenvalue weighted by atomic mass is 19.1. The molecular weight excluding hydrogens is 337 g/mol. The number of benzene rings is 2. The second kappa shape index (κ2) is 6.48. The number of carbonyl (C=O) groups excluding carboxylic acids is 1. The highest BCUT2D eigenvalue weighted by molar-refractivity contribution is 6.11. The number of halogens is 1. The van der Waals surface area contributed by atoms with Crippen LogP contribution in [0.5, 0.6) is 11.5 Å². The maximum absolute atomic E-state index is 13.3. The normalized spacial score (nSPS) is 17.5. The summed E-state index contributed by atoms with van der Waals surface area (Å²) < 4.78 is 29.1. The maximum atomic E-state index is 13.3. The molecule has 0 aromatic heterocycles. The van der Waals surface area contributed by atoms with Gasteiger partial charge in [-0.15, -0.1) is 0 Å². The lowest BCUT2D eigenvalue weighted by Crippen LogP contribution is -2.05. The number of cyclic esters (lactones) is 1. The Kier molecular flexibility index (Phi) is 4.01. The molecular formula is C20H14FNO4. The van der Waals surface area contributed by atoms with E-state index in [1.165, 1.54) is 18.2 Å². The van der Waals surface area contributed by atoms with Crippen LogP contribution in [0.1, 0.15) is 18.1 Å². The number of esters is 1. The topological polar surface area (TPSA) is 57.1 Å². The van der Waals surface area contributed by atoms with Gasteiger partial charge >= 0.3 is 5.97 Å². The number of carbonyl (C=O) groups is 1. The molecule has 0 radical (unpaired) electrons. The molecule has 0 saturated carbocycles. The number of fused-ring (bicyclic) bond motifs is 1. The van der Waals surface area contributed by atoms with Gasteiger partial charge in [-0.1, -0.05) is 18.2 Å². The first-order chi connectivity index (χ1) is 12.6. The largest absolute Gasteiger partial charge is 0.454 e. The van der Waals surface area contributed by atoms with Crippen molar-refractivity contribution in [1.82, 2.24) is 0 Å². The number of ether oxygens (including phenoxy) is 3. The van der Waals surface area contributed by atoms with Crippen LogP contribution in [0.4, 0.5) is 4.39 Å². The molecule has 6 heteroatoms. The average Bonchev–Trinajstić information content (AvgIpc) is 3.21. The second-order valence-electron chi connectivity index (χ2n) is 5.85. The zero-order chi connectivity index (χ0) is 18.1. The summed E-state index contributed by atoms with van der Waals surface area (Å²) in [6.07, 6.45) is 3.51. The van der Waals surface area contributed by atoms with Crippen LogP contribution < -0.4 is 9.47 Å². The third-order valence-electron chi connectivity index (χ3n) is 3.85. The minimum Gasteiger partial charge on any atom is -0.454 e. The molecule has 0 saturated heterocycles. The number of allylic oxidation sites excluding steroid dienone is 2. The van der Waals surface area contributed by atoms with Gasteiger partial charge in [-0.25, -0.2) is 14.2 Å². The summed E-state index contributed by atoms with van der Waals surface area (Å²) in [5, 5.41) is 0. The number of hydrogen-bond donors (Lipinski definition) is 0. The van der Waals surface area contributed by atoms with Crippen molar-refractivity contribution in [3.63, 3.8) is 0 Å². The van der Waals surface area contributed by atoms with Gasteiger partial charge in [0.15, 0.2) is 17.2 Å². The Hall–Kier alpha value is -3.41. The summed E-state index contributed by atoms with van der Waals surface area (Å²) in [5.74, 6) is 0.504. The van der Waals surface area contributed by atoms with Crippen LogP contribution in [0.15, 0.2) is 64.8 Å². The molecule has 0 spiro atoms. The lowest BCUT2D eigenvalue weighted by atomic mass is 10.1. The summed E-state index contributed by atoms with van der Waals surface area (Å²) in [4.78, 5) is 16.2. The molecule has 0 amide bonds. The highest BCUT2D eigenvalue weighted by Crippen LogP contribution is 2.33. The lowest BCUT2D eigenvalue weighted by Gasteiger charge is -1.99. The van der Waals surface area contributed by atoms with Gasteiger partial charge < -0.3 is 14.2 Å². The van der Waals surface area contributed by atoms with Crippen molar-refractivity contribution in [2.24, 2.45) is 4.99 Å². The molecule has 0 unspecified atom stereocenters. The minimum atomic E-state index is -0.567. The number of rotatable bonds is 3. The van der Waals surface area contributed by atoms with E-state index < -0.39 is 11.8 Å². The summed E-state index contributed by atoms with van der Waals surface area (Å²) in [6, 6.07) is 11.3. The van der Waals surface area contributed by atoms with Gasteiger partial charge in [0.2, 0.25) is 12.7 Å². The first-order valence-corrected chi connectivity index (χ1v) is 7.95. The van der Waals surface area contributed by atoms with E-state index in [0.717, 1.165) is 11.1 Å². The molecule has 0 N–H and O–H groups in total. The summed E-state index contributed by atoms with van der Waals surface area (Å²) >= 11 is 0. The van der Waals surface area contributed by atoms with Crippen LogP contribution in [0.25, 0.3) is 6.08 Å². The van der Waals surface area contributed by atoms with Crippen molar-refractivity contribution in [1.29, 1.82) is 0 Å². The van der Waals surface area contributed by atoms with Crippen molar-refractivity contribution in [2.45, 2.75) is 6.92 Å². The van der Waals surface area contributed by atoms with Gasteiger partial charge in [-0.3, -0.25) is 0 Å². The fraction of sp³-hybridized carbons (Fsp3) is 0.100. The van der Waals surface area contributed by atoms with Gasteiger partial charge in [-0.2, -0.15) is 0 Å². The Morgan fingerprint density at radius 2 is 2.00 bits per heavy atom. The van der Waals surface area contributed by atoms with Gasteiger partial charge in [0, 0.05) is 5.56 Å². The molecule has 0 aliphatic carbocycles. The van der Waals surface area contributed by atoms with Gasteiger partial charge in [0.05, 0.1) is 0 Å². The van der Waals surface area contributed by atoms with Gasteiger partial charge in [0.25, 0.3) is 0 Å². The number of hydrogen-bond acceptors (Lipinski definition) is 5. The smallest absolute Gasteiger partial charge is 0.363 e. The SMILES string of the molecule is CC(/C=C1\N=C(c2cccc(F)c2)OC1=O)=C\c1ccc2c(c1)OCO2. The molecule has 130 valence electrons. The Bertz CT molecular complexity index is 991. The van der Waals surface area contributed by atoms with E-state index in [1.807, 2.05) is 31.2 Å². The molecule has 0 fully saturated rings. The molecule has 4 rings (SSSR count). The number of aliphatic imine (C=N–C) groups is 1. The highest BCUT2D eigenvalue weighted by Gasteiger charge is 2.24. The molecule has 2 aliphatic heterocycles. The molecule has 0 bridgehead atoms. The van der Waals surface area contributed by atoms with Gasteiger partial charge in [0.1, 0.15) is 5.82 Å². The van der Waals surface area contributed by atoms with E-state index in [2.05, 4.69) is 4.99 Å². The van der Waals surface area contributed by atoms with E-state index in [4.69, 9.17) is 14.2 Å². The predicted molar refractivity (Wildman–Crippen MR) is 93.3 cm³/mol. The van der Waals surface area contributed by atoms with Crippen molar-refractivity contribution < 1.29 is 23.4 Å².